The van der Waals surface area contributed by atoms with Gasteiger partial charge in [0.25, 0.3) is 0 Å². The third kappa shape index (κ3) is 848. The second kappa shape index (κ2) is 4.54. The van der Waals surface area contributed by atoms with Gasteiger partial charge in [-0.15, -0.1) is 12.4 Å². The summed E-state index contributed by atoms with van der Waals surface area (Å²) in [6, 6.07) is 0. The number of hydrogen-bond acceptors (Lipinski definition) is 4. The van der Waals surface area contributed by atoms with Crippen molar-refractivity contribution in [3.63, 3.8) is 0 Å². The minimum Gasteiger partial charge on any atom is -0.412 e. The van der Waals surface area contributed by atoms with Crippen molar-refractivity contribution in [2.75, 3.05) is 0 Å². The maximum atomic E-state index is 8.60. The molecule has 0 heterocycles. The van der Waals surface area contributed by atoms with Crippen LogP contribution >= 0.6 is 12.4 Å². The molecular formula is H4Cl2O5. The largest absolute Gasteiger partial charge is 0.412 e. The van der Waals surface area contributed by atoms with E-state index in [1.807, 2.05) is 0 Å². The second-order valence-corrected chi connectivity index (χ2v) is 1.19. The minimum absolute atomic E-state index is 0. The molecule has 3 N–H and O–H groups in total. The number of rotatable bonds is 0. The maximum Gasteiger partial charge on any atom is 0.0777 e. The van der Waals surface area contributed by atoms with Gasteiger partial charge in [0.05, 0.1) is 14.9 Å². The van der Waals surface area contributed by atoms with Crippen molar-refractivity contribution < 1.29 is 34.4 Å². The summed E-state index contributed by atoms with van der Waals surface area (Å²) in [6.07, 6.45) is 0. The first-order valence-electron chi connectivity index (χ1n) is 0.632. The fourth-order valence-corrected chi connectivity index (χ4v) is 0. The molecule has 0 radical (unpaired) electrons. The van der Waals surface area contributed by atoms with E-state index in [0.29, 0.717) is 0 Å². The molecule has 5 nitrogen and oxygen atoms in total. The third-order valence-electron chi connectivity index (χ3n) is 0. The topological polar surface area (TPSA) is 121 Å². The van der Waals surface area contributed by atoms with Gasteiger partial charge < -0.3 is 5.48 Å². The summed E-state index contributed by atoms with van der Waals surface area (Å²) in [5, 5.41) is 0. The molecule has 0 atom stereocenters. The van der Waals surface area contributed by atoms with E-state index < -0.39 is 10.2 Å². The van der Waals surface area contributed by atoms with E-state index in [9.17, 15) is 0 Å². The van der Waals surface area contributed by atoms with E-state index in [0.717, 1.165) is 0 Å². The lowest BCUT2D eigenvalue weighted by atomic mass is 15.8. The van der Waals surface area contributed by atoms with Crippen molar-refractivity contribution in [2.24, 2.45) is 0 Å². The van der Waals surface area contributed by atoms with Crippen molar-refractivity contribution in [3.8, 4) is 0 Å². The predicted molar refractivity (Wildman–Crippen MR) is 13.1 cm³/mol. The molecule has 7 heavy (non-hydrogen) atoms. The van der Waals surface area contributed by atoms with Crippen LogP contribution in [0.1, 0.15) is 0 Å². The van der Waals surface area contributed by atoms with Crippen LogP contribution in [-0.2, 0) is 0 Å². The highest BCUT2D eigenvalue weighted by atomic mass is 35.7. The van der Waals surface area contributed by atoms with Gasteiger partial charge in [-0.1, -0.05) is 0 Å². The fraction of sp³-hybridized carbons (Fsp3) is 0. The molecule has 0 aliphatic heterocycles. The molecule has 7 heteroatoms. The monoisotopic (exact) mass is 154 g/mol. The van der Waals surface area contributed by atoms with Crippen LogP contribution in [0.4, 0.5) is 0 Å². The molecule has 0 fully saturated rings. The lowest BCUT2D eigenvalue weighted by Gasteiger charge is -2.03. The SMILES string of the molecule is Cl.O.[O-][Cl+3]([O-])([O-])O. The molecular weight excluding hydrogens is 151 g/mol. The zero-order chi connectivity index (χ0) is 4.50. The van der Waals surface area contributed by atoms with Gasteiger partial charge in [0.2, 0.25) is 0 Å². The number of hydrogen-bond donors (Lipinski definition) is 1. The lowest BCUT2D eigenvalue weighted by molar-refractivity contribution is -1.92. The highest BCUT2D eigenvalue weighted by Crippen LogP contribution is 1.60. The highest BCUT2D eigenvalue weighted by molar-refractivity contribution is 5.85. The van der Waals surface area contributed by atoms with Gasteiger partial charge in [0, 0.05) is 0 Å². The first-order valence-corrected chi connectivity index (χ1v) is 1.90. The van der Waals surface area contributed by atoms with Crippen LogP contribution in [-0.4, -0.2) is 10.1 Å². The zero-order valence-corrected chi connectivity index (χ0v) is 4.53. The van der Waals surface area contributed by atoms with Gasteiger partial charge in [0.15, 0.2) is 0 Å². The third-order valence-corrected chi connectivity index (χ3v) is 0. The average Bonchev–Trinajstić information content (AvgIpc) is 0.722. The van der Waals surface area contributed by atoms with E-state index in [4.69, 9.17) is 18.6 Å². The molecule has 0 spiro atoms. The molecule has 0 aromatic carbocycles. The standard InChI is InChI=1S/ClHO4.ClH.H2O/c2-1(3,4)5;;/h(H,2,3,4,5);1H;1H2. The summed E-state index contributed by atoms with van der Waals surface area (Å²) in [4.78, 5) is 0. The summed E-state index contributed by atoms with van der Waals surface area (Å²) in [7, 11) is -4.69. The molecule has 48 valence electrons. The smallest absolute Gasteiger partial charge is 0.0777 e. The molecule has 0 bridgehead atoms. The van der Waals surface area contributed by atoms with Crippen LogP contribution in [0, 0.1) is 10.2 Å². The van der Waals surface area contributed by atoms with Gasteiger partial charge in [-0.3, -0.25) is 0 Å². The molecule has 0 aromatic rings. The number of halogens is 2. The van der Waals surface area contributed by atoms with Crippen LogP contribution < -0.4 is 14.0 Å². The molecule has 0 rings (SSSR count). The van der Waals surface area contributed by atoms with Crippen LogP contribution in [0.15, 0.2) is 0 Å². The predicted octanol–water partition coefficient (Wildman–Crippen LogP) is -4.53. The van der Waals surface area contributed by atoms with Crippen molar-refractivity contribution in [3.05, 3.63) is 0 Å². The first-order chi connectivity index (χ1) is 2.00. The fourth-order valence-electron chi connectivity index (χ4n) is 0. The van der Waals surface area contributed by atoms with Crippen molar-refractivity contribution in [1.82, 2.24) is 0 Å². The Morgan fingerprint density at radius 3 is 1.14 bits per heavy atom. The molecule has 0 saturated heterocycles. The van der Waals surface area contributed by atoms with Crippen molar-refractivity contribution in [1.29, 1.82) is 0 Å². The van der Waals surface area contributed by atoms with Gasteiger partial charge >= 0.3 is 0 Å². The van der Waals surface area contributed by atoms with E-state index >= 15 is 0 Å². The zero-order valence-electron chi connectivity index (χ0n) is 2.96. The van der Waals surface area contributed by atoms with E-state index in [2.05, 4.69) is 0 Å². The van der Waals surface area contributed by atoms with E-state index in [1.54, 1.807) is 0 Å². The molecule has 0 unspecified atom stereocenters. The van der Waals surface area contributed by atoms with Crippen LogP contribution in [0.3, 0.4) is 0 Å². The second-order valence-electron chi connectivity index (χ2n) is 0.396. The minimum atomic E-state index is -4.69. The Bertz CT molecular complexity index is 21.6. The first kappa shape index (κ1) is 15.7. The highest BCUT2D eigenvalue weighted by Gasteiger charge is 1.98. The van der Waals surface area contributed by atoms with Gasteiger partial charge in [-0.25, -0.2) is 0 Å². The Morgan fingerprint density at radius 2 is 1.14 bits per heavy atom. The normalized spacial score (nSPS) is 8.57. The van der Waals surface area contributed by atoms with Crippen LogP contribution in [0.5, 0.6) is 0 Å². The van der Waals surface area contributed by atoms with Crippen molar-refractivity contribution >= 4 is 12.4 Å². The Balaban J connectivity index is -0.0000000800. The van der Waals surface area contributed by atoms with Gasteiger partial charge in [-0.05, 0) is 0 Å². The van der Waals surface area contributed by atoms with Crippen molar-refractivity contribution in [2.45, 2.75) is 0 Å². The van der Waals surface area contributed by atoms with E-state index in [1.165, 1.54) is 0 Å². The lowest BCUT2D eigenvalue weighted by Crippen LogP contribution is -2.58. The molecule has 0 amide bonds. The summed E-state index contributed by atoms with van der Waals surface area (Å²) in [5.41, 5.74) is 0. The Labute approximate surface area is 47.6 Å². The molecule has 0 aliphatic rings. The summed E-state index contributed by atoms with van der Waals surface area (Å²) >= 11 is 0. The maximum absolute atomic E-state index is 8.60. The Kier molecular flexibility index (Phi) is 10.1. The summed E-state index contributed by atoms with van der Waals surface area (Å²) in [5.74, 6) is 0. The average molecular weight is 155 g/mol. The molecule has 0 aromatic heterocycles. The van der Waals surface area contributed by atoms with Gasteiger partial charge in [0.1, 0.15) is 0 Å². The Hall–Kier alpha value is 0.380. The van der Waals surface area contributed by atoms with Crippen LogP contribution in [0.2, 0.25) is 0 Å². The van der Waals surface area contributed by atoms with Crippen LogP contribution in [0.25, 0.3) is 0 Å². The summed E-state index contributed by atoms with van der Waals surface area (Å²) < 4.78 is 32.7. The molecule has 0 saturated carbocycles. The quantitative estimate of drug-likeness (QED) is 0.378. The van der Waals surface area contributed by atoms with Gasteiger partial charge in [-0.2, -0.15) is 14.0 Å². The van der Waals surface area contributed by atoms with E-state index in [-0.39, 0.29) is 17.9 Å². The summed E-state index contributed by atoms with van der Waals surface area (Å²) in [6.45, 7) is 0. The molecule has 0 aliphatic carbocycles. The Morgan fingerprint density at radius 1 is 1.14 bits per heavy atom.